The van der Waals surface area contributed by atoms with Crippen LogP contribution in [0.1, 0.15) is 6.92 Å². The number of methoxy groups -OCH3 is 1. The number of thioether (sulfide) groups is 1. The summed E-state index contributed by atoms with van der Waals surface area (Å²) >= 11 is 13.5. The zero-order chi connectivity index (χ0) is 20.5. The van der Waals surface area contributed by atoms with Crippen molar-refractivity contribution in [3.8, 4) is 5.88 Å². The second-order valence-corrected chi connectivity index (χ2v) is 8.21. The first-order chi connectivity index (χ1) is 13.5. The first-order valence-corrected chi connectivity index (χ1v) is 11.0. The maximum atomic E-state index is 12.6. The molecule has 2 amide bonds. The van der Waals surface area contributed by atoms with E-state index in [1.165, 1.54) is 25.1 Å². The molecule has 0 aliphatic heterocycles. The number of urea groups is 1. The van der Waals surface area contributed by atoms with Crippen LogP contribution in [0.5, 0.6) is 5.88 Å². The number of anilines is 1. The van der Waals surface area contributed by atoms with Crippen LogP contribution in [0.2, 0.25) is 10.0 Å². The Morgan fingerprint density at radius 2 is 2.11 bits per heavy atom. The number of halogens is 2. The quantitative estimate of drug-likeness (QED) is 0.388. The number of carbonyl (C=O) groups excluding carboxylic acids is 1. The van der Waals surface area contributed by atoms with Gasteiger partial charge in [-0.15, -0.1) is 11.8 Å². The summed E-state index contributed by atoms with van der Waals surface area (Å²) in [6.07, 6.45) is 1.53. The average molecular weight is 464 g/mol. The van der Waals surface area contributed by atoms with E-state index in [1.807, 2.05) is 6.92 Å². The van der Waals surface area contributed by atoms with Gasteiger partial charge in [0.1, 0.15) is 5.03 Å². The van der Waals surface area contributed by atoms with Crippen LogP contribution in [0.4, 0.5) is 10.6 Å². The van der Waals surface area contributed by atoms with Gasteiger partial charge in [-0.1, -0.05) is 29.3 Å². The maximum Gasteiger partial charge on any atom is 0.314 e. The molecule has 0 saturated carbocycles. The molecule has 2 aromatic rings. The minimum absolute atomic E-state index is 0.188. The monoisotopic (exact) mass is 463 g/mol. The molecule has 1 aromatic heterocycles. The Hall–Kier alpha value is -1.75. The molecule has 0 aliphatic carbocycles. The molecule has 3 N–H and O–H groups in total. The number of hydrogen-bond acceptors (Lipinski definition) is 6. The van der Waals surface area contributed by atoms with Gasteiger partial charge >= 0.3 is 6.03 Å². The lowest BCUT2D eigenvalue weighted by atomic mass is 10.4. The molecule has 0 fully saturated rings. The van der Waals surface area contributed by atoms with Crippen LogP contribution in [0.3, 0.4) is 0 Å². The predicted molar refractivity (Wildman–Crippen MR) is 113 cm³/mol. The number of carbonyl (C=O) groups is 1. The lowest BCUT2D eigenvalue weighted by Gasteiger charge is -2.11. The fourth-order valence-corrected chi connectivity index (χ4v) is 4.11. The molecule has 12 heteroatoms. The third-order valence-electron chi connectivity index (χ3n) is 3.19. The minimum Gasteiger partial charge on any atom is -0.478 e. The zero-order valence-corrected chi connectivity index (χ0v) is 18.3. The molecule has 1 aromatic carbocycles. The van der Waals surface area contributed by atoms with E-state index in [2.05, 4.69) is 25.3 Å². The van der Waals surface area contributed by atoms with Crippen LogP contribution >= 0.6 is 35.0 Å². The number of nitrogens with one attached hydrogen (secondary N) is 3. The van der Waals surface area contributed by atoms with E-state index >= 15 is 0 Å². The molecule has 0 radical (unpaired) electrons. The van der Waals surface area contributed by atoms with Crippen molar-refractivity contribution in [2.24, 2.45) is 0 Å². The van der Waals surface area contributed by atoms with Crippen molar-refractivity contribution in [2.45, 2.75) is 16.8 Å². The third kappa shape index (κ3) is 6.40. The Bertz CT molecular complexity index is 857. The number of ether oxygens (including phenoxy) is 1. The van der Waals surface area contributed by atoms with Gasteiger partial charge in [0.15, 0.2) is 11.0 Å². The molecule has 8 nitrogen and oxygen atoms in total. The Labute approximate surface area is 179 Å². The minimum atomic E-state index is -1.70. The van der Waals surface area contributed by atoms with E-state index in [0.29, 0.717) is 33.8 Å². The van der Waals surface area contributed by atoms with Crippen LogP contribution < -0.4 is 20.1 Å². The van der Waals surface area contributed by atoms with Crippen molar-refractivity contribution in [3.05, 3.63) is 34.4 Å². The van der Waals surface area contributed by atoms with Gasteiger partial charge in [-0.2, -0.15) is 0 Å². The number of benzene rings is 1. The zero-order valence-electron chi connectivity index (χ0n) is 15.1. The van der Waals surface area contributed by atoms with E-state index in [9.17, 15) is 9.00 Å². The van der Waals surface area contributed by atoms with Crippen LogP contribution in [-0.2, 0) is 11.0 Å². The lowest BCUT2D eigenvalue weighted by molar-refractivity contribution is 0.242. The summed E-state index contributed by atoms with van der Waals surface area (Å²) in [6, 6.07) is 4.65. The van der Waals surface area contributed by atoms with E-state index in [-0.39, 0.29) is 22.8 Å². The van der Waals surface area contributed by atoms with Gasteiger partial charge in [0, 0.05) is 18.8 Å². The van der Waals surface area contributed by atoms with Gasteiger partial charge in [-0.3, -0.25) is 4.72 Å². The lowest BCUT2D eigenvalue weighted by Crippen LogP contribution is -2.36. The van der Waals surface area contributed by atoms with E-state index < -0.39 is 11.0 Å². The molecule has 1 unspecified atom stereocenters. The summed E-state index contributed by atoms with van der Waals surface area (Å²) in [6.45, 7) is 2.88. The number of hydrogen-bond donors (Lipinski definition) is 3. The highest BCUT2D eigenvalue weighted by Gasteiger charge is 2.16. The molecule has 0 spiro atoms. The Morgan fingerprint density at radius 1 is 1.32 bits per heavy atom. The molecule has 2 rings (SSSR count). The summed E-state index contributed by atoms with van der Waals surface area (Å²) in [5.74, 6) is 1.00. The summed E-state index contributed by atoms with van der Waals surface area (Å²) in [5, 5.41) is 6.48. The van der Waals surface area contributed by atoms with Crippen LogP contribution in [0, 0.1) is 0 Å². The van der Waals surface area contributed by atoms with Gasteiger partial charge in [0.05, 0.1) is 28.2 Å². The fourth-order valence-electron chi connectivity index (χ4n) is 1.95. The average Bonchev–Trinajstić information content (AvgIpc) is 2.68. The standard InChI is InChI=1S/C16H19Cl2N5O3S2/c1-3-19-16(24)20-7-8-27-12-9-21-14(15(22-12)26-2)23-28(25)11-6-4-5-10(17)13(11)18/h4-6,9H,3,7-8H2,1-2H3,(H,21,23)(H2,19,20,24). The highest BCUT2D eigenvalue weighted by atomic mass is 35.5. The van der Waals surface area contributed by atoms with Crippen molar-refractivity contribution in [1.29, 1.82) is 0 Å². The third-order valence-corrected chi connectivity index (χ3v) is 6.14. The molecule has 152 valence electrons. The van der Waals surface area contributed by atoms with E-state index in [4.69, 9.17) is 27.9 Å². The van der Waals surface area contributed by atoms with Crippen molar-refractivity contribution in [3.63, 3.8) is 0 Å². The second-order valence-electron chi connectivity index (χ2n) is 5.12. The van der Waals surface area contributed by atoms with E-state index in [0.717, 1.165) is 0 Å². The van der Waals surface area contributed by atoms with Crippen molar-refractivity contribution in [2.75, 3.05) is 30.7 Å². The molecule has 0 aliphatic rings. The number of nitrogens with zero attached hydrogens (tertiary/aromatic N) is 2. The molecule has 0 bridgehead atoms. The molecule has 28 heavy (non-hydrogen) atoms. The predicted octanol–water partition coefficient (Wildman–Crippen LogP) is 3.34. The van der Waals surface area contributed by atoms with Gasteiger partial charge < -0.3 is 15.4 Å². The molecule has 1 atom stereocenters. The van der Waals surface area contributed by atoms with Gasteiger partial charge in [-0.25, -0.2) is 19.0 Å². The van der Waals surface area contributed by atoms with Gasteiger partial charge in [0.25, 0.3) is 5.88 Å². The summed E-state index contributed by atoms with van der Waals surface area (Å²) in [7, 11) is -0.259. The molecular formula is C16H19Cl2N5O3S2. The Kier molecular flexibility index (Phi) is 9.10. The van der Waals surface area contributed by atoms with Gasteiger partial charge in [0.2, 0.25) is 5.82 Å². The number of amides is 2. The maximum absolute atomic E-state index is 12.6. The summed E-state index contributed by atoms with van der Waals surface area (Å²) in [5.41, 5.74) is 0. The Morgan fingerprint density at radius 3 is 2.82 bits per heavy atom. The molecule has 1 heterocycles. The Balaban J connectivity index is 2.00. The summed E-state index contributed by atoms with van der Waals surface area (Å²) in [4.78, 5) is 20.2. The highest BCUT2D eigenvalue weighted by Crippen LogP contribution is 2.30. The SMILES string of the molecule is CCNC(=O)NCCSc1cnc(NS(=O)c2cccc(Cl)c2Cl)c(OC)n1. The number of rotatable bonds is 9. The summed E-state index contributed by atoms with van der Waals surface area (Å²) < 4.78 is 20.5. The highest BCUT2D eigenvalue weighted by molar-refractivity contribution is 7.99. The first kappa shape index (κ1) is 22.5. The molecular weight excluding hydrogens is 445 g/mol. The second kappa shape index (κ2) is 11.3. The van der Waals surface area contributed by atoms with Crippen molar-refractivity contribution < 1.29 is 13.7 Å². The molecule has 0 saturated heterocycles. The first-order valence-electron chi connectivity index (χ1n) is 8.14. The number of aromatic nitrogens is 2. The fraction of sp³-hybridized carbons (Fsp3) is 0.312. The van der Waals surface area contributed by atoms with E-state index in [1.54, 1.807) is 18.2 Å². The van der Waals surface area contributed by atoms with Crippen LogP contribution in [-0.4, -0.2) is 46.2 Å². The van der Waals surface area contributed by atoms with Crippen LogP contribution in [0.25, 0.3) is 0 Å². The van der Waals surface area contributed by atoms with Crippen molar-refractivity contribution >= 4 is 57.8 Å². The smallest absolute Gasteiger partial charge is 0.314 e. The van der Waals surface area contributed by atoms with Crippen molar-refractivity contribution in [1.82, 2.24) is 20.6 Å². The van der Waals surface area contributed by atoms with Crippen LogP contribution in [0.15, 0.2) is 34.3 Å². The normalized spacial score (nSPS) is 11.6. The van der Waals surface area contributed by atoms with Gasteiger partial charge in [-0.05, 0) is 19.1 Å². The largest absolute Gasteiger partial charge is 0.478 e. The topological polar surface area (TPSA) is 105 Å².